The number of benzene rings is 2. The number of aromatic nitrogens is 2. The minimum absolute atomic E-state index is 0.307. The lowest BCUT2D eigenvalue weighted by Crippen LogP contribution is -2.47. The zero-order chi connectivity index (χ0) is 17.9. The monoisotopic (exact) mass is 333 g/mol. The first-order valence-corrected chi connectivity index (χ1v) is 8.01. The molecule has 0 aliphatic rings. The Kier molecular flexibility index (Phi) is 4.48. The Labute approximate surface area is 145 Å². The number of rotatable bonds is 4. The molecule has 0 saturated carbocycles. The first-order chi connectivity index (χ1) is 12.0. The molecule has 3 rings (SSSR count). The number of hydrogen-bond donors (Lipinski definition) is 1. The molecule has 5 heteroatoms. The SMILES string of the molecule is CC(C)(C(=O)Nc1ccccc1)n1nc(-c2ccccc2)ccc1=O. The van der Waals surface area contributed by atoms with Gasteiger partial charge in [0.05, 0.1) is 5.69 Å². The molecule has 0 saturated heterocycles. The van der Waals surface area contributed by atoms with E-state index in [1.165, 1.54) is 10.7 Å². The number of carbonyl (C=O) groups excluding carboxylic acids is 1. The third-order valence-electron chi connectivity index (χ3n) is 3.99. The minimum atomic E-state index is -1.14. The van der Waals surface area contributed by atoms with Gasteiger partial charge in [-0.15, -0.1) is 0 Å². The van der Waals surface area contributed by atoms with Crippen LogP contribution < -0.4 is 10.9 Å². The summed E-state index contributed by atoms with van der Waals surface area (Å²) in [5.74, 6) is -0.307. The number of amides is 1. The van der Waals surface area contributed by atoms with Crippen LogP contribution in [0.3, 0.4) is 0 Å². The Balaban J connectivity index is 1.96. The van der Waals surface area contributed by atoms with Gasteiger partial charge < -0.3 is 5.32 Å². The van der Waals surface area contributed by atoms with Gasteiger partial charge in [0.15, 0.2) is 0 Å². The maximum Gasteiger partial charge on any atom is 0.267 e. The summed E-state index contributed by atoms with van der Waals surface area (Å²) >= 11 is 0. The lowest BCUT2D eigenvalue weighted by Gasteiger charge is -2.25. The average molecular weight is 333 g/mol. The molecule has 2 aromatic carbocycles. The summed E-state index contributed by atoms with van der Waals surface area (Å²) < 4.78 is 1.23. The van der Waals surface area contributed by atoms with Crippen molar-refractivity contribution in [3.05, 3.63) is 83.2 Å². The molecular weight excluding hydrogens is 314 g/mol. The third-order valence-corrected chi connectivity index (χ3v) is 3.99. The zero-order valence-corrected chi connectivity index (χ0v) is 14.1. The number of para-hydroxylation sites is 1. The van der Waals surface area contributed by atoms with E-state index in [1.54, 1.807) is 32.0 Å². The summed E-state index contributed by atoms with van der Waals surface area (Å²) in [6.45, 7) is 3.35. The fraction of sp³-hybridized carbons (Fsp3) is 0.150. The Bertz CT molecular complexity index is 932. The predicted octanol–water partition coefficient (Wildman–Crippen LogP) is 3.28. The molecule has 5 nitrogen and oxygen atoms in total. The molecule has 1 aromatic heterocycles. The van der Waals surface area contributed by atoms with E-state index in [2.05, 4.69) is 10.4 Å². The maximum atomic E-state index is 12.7. The van der Waals surface area contributed by atoms with Gasteiger partial charge in [0.1, 0.15) is 5.54 Å². The van der Waals surface area contributed by atoms with Crippen molar-refractivity contribution in [2.45, 2.75) is 19.4 Å². The fourth-order valence-electron chi connectivity index (χ4n) is 2.48. The van der Waals surface area contributed by atoms with Crippen molar-refractivity contribution in [3.8, 4) is 11.3 Å². The van der Waals surface area contributed by atoms with E-state index in [-0.39, 0.29) is 11.5 Å². The fourth-order valence-corrected chi connectivity index (χ4v) is 2.48. The second-order valence-electron chi connectivity index (χ2n) is 6.21. The van der Waals surface area contributed by atoms with Gasteiger partial charge in [0.2, 0.25) is 0 Å². The molecule has 0 radical (unpaired) electrons. The van der Waals surface area contributed by atoms with Crippen molar-refractivity contribution in [1.29, 1.82) is 0 Å². The quantitative estimate of drug-likeness (QED) is 0.797. The second kappa shape index (κ2) is 6.73. The summed E-state index contributed by atoms with van der Waals surface area (Å²) in [5, 5.41) is 7.25. The summed E-state index contributed by atoms with van der Waals surface area (Å²) in [5.41, 5.74) is 0.731. The van der Waals surface area contributed by atoms with E-state index < -0.39 is 5.54 Å². The number of carbonyl (C=O) groups is 1. The molecular formula is C20H19N3O2. The van der Waals surface area contributed by atoms with Gasteiger partial charge in [0.25, 0.3) is 11.5 Å². The first-order valence-electron chi connectivity index (χ1n) is 8.01. The highest BCUT2D eigenvalue weighted by Crippen LogP contribution is 2.19. The largest absolute Gasteiger partial charge is 0.324 e. The summed E-state index contributed by atoms with van der Waals surface area (Å²) in [7, 11) is 0. The standard InChI is InChI=1S/C20H19N3O2/c1-20(2,19(25)21-16-11-7-4-8-12-16)23-18(24)14-13-17(22-23)15-9-5-3-6-10-15/h3-14H,1-2H3,(H,21,25). The molecule has 126 valence electrons. The Morgan fingerprint density at radius 3 is 2.16 bits per heavy atom. The Morgan fingerprint density at radius 1 is 0.920 bits per heavy atom. The molecule has 25 heavy (non-hydrogen) atoms. The first kappa shape index (κ1) is 16.6. The number of nitrogens with one attached hydrogen (secondary N) is 1. The van der Waals surface area contributed by atoms with Crippen LogP contribution in [0.4, 0.5) is 5.69 Å². The predicted molar refractivity (Wildman–Crippen MR) is 98.3 cm³/mol. The average Bonchev–Trinajstić information content (AvgIpc) is 2.63. The molecule has 0 spiro atoms. The van der Waals surface area contributed by atoms with Gasteiger partial charge in [-0.3, -0.25) is 9.59 Å². The smallest absolute Gasteiger partial charge is 0.267 e. The molecule has 1 amide bonds. The number of hydrogen-bond acceptors (Lipinski definition) is 3. The second-order valence-corrected chi connectivity index (χ2v) is 6.21. The van der Waals surface area contributed by atoms with Gasteiger partial charge in [-0.25, -0.2) is 4.68 Å². The number of anilines is 1. The Hall–Kier alpha value is -3.21. The van der Waals surface area contributed by atoms with Crippen LogP contribution in [-0.2, 0) is 10.3 Å². The molecule has 0 fully saturated rings. The normalized spacial score (nSPS) is 11.1. The molecule has 1 heterocycles. The lowest BCUT2D eigenvalue weighted by atomic mass is 10.0. The molecule has 0 atom stereocenters. The van der Waals surface area contributed by atoms with Crippen molar-refractivity contribution < 1.29 is 4.79 Å². The van der Waals surface area contributed by atoms with E-state index in [4.69, 9.17) is 0 Å². The highest BCUT2D eigenvalue weighted by Gasteiger charge is 2.32. The molecule has 1 N–H and O–H groups in total. The van der Waals surface area contributed by atoms with Gasteiger partial charge in [-0.2, -0.15) is 5.10 Å². The Morgan fingerprint density at radius 2 is 1.52 bits per heavy atom. The van der Waals surface area contributed by atoms with Crippen LogP contribution in [0.5, 0.6) is 0 Å². The molecule has 3 aromatic rings. The summed E-state index contributed by atoms with van der Waals surface area (Å²) in [6, 6.07) is 21.8. The van der Waals surface area contributed by atoms with Crippen LogP contribution >= 0.6 is 0 Å². The van der Waals surface area contributed by atoms with Crippen molar-refractivity contribution in [2.75, 3.05) is 5.32 Å². The van der Waals surface area contributed by atoms with Crippen LogP contribution in [0.25, 0.3) is 11.3 Å². The molecule has 0 aliphatic carbocycles. The van der Waals surface area contributed by atoms with Gasteiger partial charge in [0, 0.05) is 17.3 Å². The van der Waals surface area contributed by atoms with Crippen molar-refractivity contribution >= 4 is 11.6 Å². The van der Waals surface area contributed by atoms with Gasteiger partial charge in [-0.1, -0.05) is 48.5 Å². The molecule has 0 unspecified atom stereocenters. The van der Waals surface area contributed by atoms with Crippen LogP contribution in [0, 0.1) is 0 Å². The van der Waals surface area contributed by atoms with Crippen LogP contribution in [0.15, 0.2) is 77.6 Å². The van der Waals surface area contributed by atoms with E-state index in [9.17, 15) is 9.59 Å². The van der Waals surface area contributed by atoms with E-state index >= 15 is 0 Å². The molecule has 0 aliphatic heterocycles. The van der Waals surface area contributed by atoms with Crippen LogP contribution in [0.2, 0.25) is 0 Å². The summed E-state index contributed by atoms with van der Waals surface area (Å²) in [6.07, 6.45) is 0. The molecule has 0 bridgehead atoms. The maximum absolute atomic E-state index is 12.7. The topological polar surface area (TPSA) is 64.0 Å². The highest BCUT2D eigenvalue weighted by atomic mass is 16.2. The van der Waals surface area contributed by atoms with Crippen molar-refractivity contribution in [2.24, 2.45) is 0 Å². The van der Waals surface area contributed by atoms with Gasteiger partial charge >= 0.3 is 0 Å². The van der Waals surface area contributed by atoms with Crippen LogP contribution in [-0.4, -0.2) is 15.7 Å². The minimum Gasteiger partial charge on any atom is -0.324 e. The van der Waals surface area contributed by atoms with Crippen molar-refractivity contribution in [3.63, 3.8) is 0 Å². The number of nitrogens with zero attached hydrogens (tertiary/aromatic N) is 2. The zero-order valence-electron chi connectivity index (χ0n) is 14.1. The summed E-state index contributed by atoms with van der Waals surface area (Å²) in [4.78, 5) is 25.1. The van der Waals surface area contributed by atoms with E-state index in [1.807, 2.05) is 48.5 Å². The van der Waals surface area contributed by atoms with E-state index in [0.29, 0.717) is 11.4 Å². The third kappa shape index (κ3) is 3.50. The van der Waals surface area contributed by atoms with Crippen LogP contribution in [0.1, 0.15) is 13.8 Å². The van der Waals surface area contributed by atoms with E-state index in [0.717, 1.165) is 5.56 Å². The lowest BCUT2D eigenvalue weighted by molar-refractivity contribution is -0.123. The highest BCUT2D eigenvalue weighted by molar-refractivity contribution is 5.96. The van der Waals surface area contributed by atoms with Crippen molar-refractivity contribution in [1.82, 2.24) is 9.78 Å². The van der Waals surface area contributed by atoms with Gasteiger partial charge in [-0.05, 0) is 32.0 Å².